The quantitative estimate of drug-likeness (QED) is 0.0463. The molecular formula is C43H70O10. The molecule has 2 aromatic carbocycles. The van der Waals surface area contributed by atoms with Crippen LogP contribution in [0.25, 0.3) is 0 Å². The predicted molar refractivity (Wildman–Crippen MR) is 211 cm³/mol. The van der Waals surface area contributed by atoms with E-state index in [9.17, 15) is 20.1 Å². The van der Waals surface area contributed by atoms with Crippen molar-refractivity contribution >= 4 is 5.78 Å². The van der Waals surface area contributed by atoms with E-state index in [1.165, 1.54) is 0 Å². The zero-order chi connectivity index (χ0) is 38.4. The highest BCUT2D eigenvalue weighted by atomic mass is 16.5. The highest BCUT2D eigenvalue weighted by molar-refractivity contribution is 6.12. The minimum Gasteiger partial charge on any atom is -0.490 e. The molecule has 0 radical (unpaired) electrons. The van der Waals surface area contributed by atoms with Gasteiger partial charge in [-0.15, -0.1) is 0 Å². The van der Waals surface area contributed by atoms with Gasteiger partial charge in [-0.05, 0) is 101 Å². The summed E-state index contributed by atoms with van der Waals surface area (Å²) < 4.78 is 37.9. The van der Waals surface area contributed by atoms with Crippen LogP contribution in [0.3, 0.4) is 0 Å². The lowest BCUT2D eigenvalue weighted by Crippen LogP contribution is -2.12. The maximum atomic E-state index is 14.7. The SMILES string of the molecule is CCCCCOc1cc(C(=O)c2ccc(OCCCCCO)c(OCCCCCO)c2OCCCCCO)cc(OCCCCC)c1OCCCCC. The monoisotopic (exact) mass is 746 g/mol. The minimum absolute atomic E-state index is 0.107. The summed E-state index contributed by atoms with van der Waals surface area (Å²) in [5.74, 6) is 2.39. The first kappa shape index (κ1) is 45.9. The van der Waals surface area contributed by atoms with E-state index in [0.29, 0.717) is 117 Å². The molecule has 0 aliphatic heterocycles. The van der Waals surface area contributed by atoms with E-state index in [4.69, 9.17) is 28.4 Å². The van der Waals surface area contributed by atoms with Crippen LogP contribution in [0.2, 0.25) is 0 Å². The fourth-order valence-electron chi connectivity index (χ4n) is 5.63. The lowest BCUT2D eigenvalue weighted by atomic mass is 10.0. The summed E-state index contributed by atoms with van der Waals surface area (Å²) in [4.78, 5) is 14.7. The molecule has 0 aliphatic rings. The molecule has 0 spiro atoms. The zero-order valence-corrected chi connectivity index (χ0v) is 33.1. The zero-order valence-electron chi connectivity index (χ0n) is 33.1. The van der Waals surface area contributed by atoms with E-state index < -0.39 is 0 Å². The number of carbonyl (C=O) groups is 1. The number of hydrogen-bond donors (Lipinski definition) is 3. The van der Waals surface area contributed by atoms with Crippen molar-refractivity contribution in [2.75, 3.05) is 59.5 Å². The van der Waals surface area contributed by atoms with Crippen LogP contribution in [0.4, 0.5) is 0 Å². The molecule has 0 aromatic heterocycles. The number of unbranched alkanes of at least 4 members (excludes halogenated alkanes) is 12. The molecule has 302 valence electrons. The van der Waals surface area contributed by atoms with E-state index >= 15 is 0 Å². The van der Waals surface area contributed by atoms with Crippen molar-refractivity contribution in [3.05, 3.63) is 35.4 Å². The van der Waals surface area contributed by atoms with Crippen molar-refractivity contribution in [3.8, 4) is 34.5 Å². The first-order valence-corrected chi connectivity index (χ1v) is 20.5. The molecule has 0 aliphatic carbocycles. The molecule has 0 amide bonds. The van der Waals surface area contributed by atoms with E-state index in [2.05, 4.69) is 20.8 Å². The van der Waals surface area contributed by atoms with Gasteiger partial charge in [-0.2, -0.15) is 0 Å². The smallest absolute Gasteiger partial charge is 0.204 e. The van der Waals surface area contributed by atoms with Gasteiger partial charge in [-0.1, -0.05) is 59.3 Å². The number of ether oxygens (including phenoxy) is 6. The van der Waals surface area contributed by atoms with Gasteiger partial charge in [0.1, 0.15) is 0 Å². The van der Waals surface area contributed by atoms with Gasteiger partial charge < -0.3 is 43.7 Å². The molecule has 53 heavy (non-hydrogen) atoms. The molecular weight excluding hydrogens is 676 g/mol. The minimum atomic E-state index is -0.274. The van der Waals surface area contributed by atoms with Crippen LogP contribution in [0, 0.1) is 0 Å². The number of aliphatic hydroxyl groups excluding tert-OH is 3. The van der Waals surface area contributed by atoms with Gasteiger partial charge in [0.25, 0.3) is 0 Å². The van der Waals surface area contributed by atoms with Crippen molar-refractivity contribution < 1.29 is 48.5 Å². The topological polar surface area (TPSA) is 133 Å². The lowest BCUT2D eigenvalue weighted by molar-refractivity contribution is 0.103. The molecule has 0 heterocycles. The Balaban J connectivity index is 2.64. The largest absolute Gasteiger partial charge is 0.490 e. The van der Waals surface area contributed by atoms with E-state index in [0.717, 1.165) is 83.5 Å². The van der Waals surface area contributed by atoms with Crippen LogP contribution < -0.4 is 28.4 Å². The third kappa shape index (κ3) is 18.1. The second kappa shape index (κ2) is 30.2. The van der Waals surface area contributed by atoms with Crippen LogP contribution in [-0.2, 0) is 0 Å². The normalized spacial score (nSPS) is 11.1. The number of aliphatic hydroxyl groups is 3. The second-order valence-corrected chi connectivity index (χ2v) is 13.5. The van der Waals surface area contributed by atoms with Gasteiger partial charge in [-0.3, -0.25) is 4.79 Å². The molecule has 0 bridgehead atoms. The average molecular weight is 747 g/mol. The third-order valence-electron chi connectivity index (χ3n) is 8.77. The summed E-state index contributed by atoms with van der Waals surface area (Å²) in [5.41, 5.74) is 0.717. The van der Waals surface area contributed by atoms with Gasteiger partial charge in [0.15, 0.2) is 28.8 Å². The number of carbonyl (C=O) groups excluding carboxylic acids is 1. The maximum Gasteiger partial charge on any atom is 0.204 e. The summed E-state index contributed by atoms with van der Waals surface area (Å²) in [5, 5.41) is 27.8. The standard InChI is InChI=1S/C43H70O10/c1-4-7-16-27-49-38-33-35(34-39(50-28-17-8-5-2)42(38)52-30-18-9-6-3)40(47)36-22-23-37(48-29-19-10-13-24-44)43(53-32-21-12-15-26-46)41(36)51-31-20-11-14-25-45/h22-23,33-34,44-46H,4-21,24-32H2,1-3H3. The fraction of sp³-hybridized carbons (Fsp3) is 0.698. The summed E-state index contributed by atoms with van der Waals surface area (Å²) in [7, 11) is 0. The van der Waals surface area contributed by atoms with Crippen molar-refractivity contribution in [1.29, 1.82) is 0 Å². The summed E-state index contributed by atoms with van der Waals surface area (Å²) in [6.45, 7) is 9.42. The lowest BCUT2D eigenvalue weighted by Gasteiger charge is -2.21. The molecule has 0 fully saturated rings. The Bertz CT molecular complexity index is 1200. The van der Waals surface area contributed by atoms with Gasteiger partial charge >= 0.3 is 0 Å². The van der Waals surface area contributed by atoms with Crippen molar-refractivity contribution in [1.82, 2.24) is 0 Å². The molecule has 0 unspecified atom stereocenters. The van der Waals surface area contributed by atoms with Gasteiger partial charge in [0.05, 0.1) is 45.2 Å². The van der Waals surface area contributed by atoms with Crippen molar-refractivity contribution in [3.63, 3.8) is 0 Å². The number of ketones is 1. The molecule has 0 atom stereocenters. The van der Waals surface area contributed by atoms with Crippen molar-refractivity contribution in [2.24, 2.45) is 0 Å². The van der Waals surface area contributed by atoms with Crippen LogP contribution in [0.1, 0.15) is 152 Å². The summed E-state index contributed by atoms with van der Waals surface area (Å²) in [6, 6.07) is 7.00. The molecule has 3 N–H and O–H groups in total. The fourth-order valence-corrected chi connectivity index (χ4v) is 5.63. The summed E-state index contributed by atoms with van der Waals surface area (Å²) in [6.07, 6.45) is 15.5. The maximum absolute atomic E-state index is 14.7. The predicted octanol–water partition coefficient (Wildman–Crippen LogP) is 9.25. The van der Waals surface area contributed by atoms with Gasteiger partial charge in [0.2, 0.25) is 11.5 Å². The molecule has 2 aromatic rings. The Hall–Kier alpha value is -3.21. The highest BCUT2D eigenvalue weighted by Crippen LogP contribution is 2.44. The molecule has 2 rings (SSSR count). The first-order valence-electron chi connectivity index (χ1n) is 20.5. The molecule has 0 saturated heterocycles. The molecule has 10 nitrogen and oxygen atoms in total. The Morgan fingerprint density at radius 3 is 1.25 bits per heavy atom. The van der Waals surface area contributed by atoms with Crippen LogP contribution in [0.5, 0.6) is 34.5 Å². The van der Waals surface area contributed by atoms with Crippen LogP contribution >= 0.6 is 0 Å². The summed E-state index contributed by atoms with van der Waals surface area (Å²) >= 11 is 0. The Kier molecular flexibility index (Phi) is 26.1. The Morgan fingerprint density at radius 1 is 0.434 bits per heavy atom. The first-order chi connectivity index (χ1) is 26.1. The second-order valence-electron chi connectivity index (χ2n) is 13.5. The third-order valence-corrected chi connectivity index (χ3v) is 8.77. The van der Waals surface area contributed by atoms with Crippen LogP contribution in [0.15, 0.2) is 24.3 Å². The highest BCUT2D eigenvalue weighted by Gasteiger charge is 2.26. The van der Waals surface area contributed by atoms with E-state index in [1.54, 1.807) is 24.3 Å². The molecule has 0 saturated carbocycles. The van der Waals surface area contributed by atoms with Crippen molar-refractivity contribution in [2.45, 2.75) is 136 Å². The van der Waals surface area contributed by atoms with E-state index in [-0.39, 0.29) is 25.6 Å². The Morgan fingerprint density at radius 2 is 0.811 bits per heavy atom. The van der Waals surface area contributed by atoms with Gasteiger partial charge in [0, 0.05) is 25.4 Å². The Labute approximate surface area is 319 Å². The van der Waals surface area contributed by atoms with Gasteiger partial charge in [-0.25, -0.2) is 0 Å². The number of benzene rings is 2. The number of hydrogen-bond acceptors (Lipinski definition) is 10. The van der Waals surface area contributed by atoms with E-state index in [1.807, 2.05) is 0 Å². The van der Waals surface area contributed by atoms with Crippen LogP contribution in [-0.4, -0.2) is 80.6 Å². The number of rotatable bonds is 35. The molecule has 10 heteroatoms. The average Bonchev–Trinajstić information content (AvgIpc) is 3.17.